The number of benzene rings is 1. The first kappa shape index (κ1) is 19.6. The van der Waals surface area contributed by atoms with Crippen molar-refractivity contribution in [3.8, 4) is 11.4 Å². The summed E-state index contributed by atoms with van der Waals surface area (Å²) < 4.78 is 7.55. The van der Waals surface area contributed by atoms with Crippen LogP contribution in [0.3, 0.4) is 0 Å². The van der Waals surface area contributed by atoms with E-state index in [-0.39, 0.29) is 29.9 Å². The molecule has 1 fully saturated rings. The zero-order chi connectivity index (χ0) is 21.5. The Morgan fingerprint density at radius 2 is 1.87 bits per heavy atom. The average molecular weight is 418 g/mol. The fourth-order valence-electron chi connectivity index (χ4n) is 4.84. The molecule has 0 radical (unpaired) electrons. The number of amides is 2. The highest BCUT2D eigenvalue weighted by Gasteiger charge is 2.43. The highest BCUT2D eigenvalue weighted by Crippen LogP contribution is 2.36. The number of nitrogens with zero attached hydrogens (tertiary/aromatic N) is 3. The molecule has 31 heavy (non-hydrogen) atoms. The number of fused-ring (bicyclic) bond motifs is 3. The lowest BCUT2D eigenvalue weighted by molar-refractivity contribution is 0.0633. The quantitative estimate of drug-likeness (QED) is 0.703. The second-order valence-electron chi connectivity index (χ2n) is 8.61. The Morgan fingerprint density at radius 1 is 1.10 bits per heavy atom. The Labute approximate surface area is 181 Å². The molecule has 5 rings (SSSR count). The third-order valence-electron chi connectivity index (χ3n) is 6.15. The summed E-state index contributed by atoms with van der Waals surface area (Å²) in [5.74, 6) is 0.901. The van der Waals surface area contributed by atoms with Gasteiger partial charge in [0.15, 0.2) is 5.76 Å². The molecule has 0 saturated carbocycles. The highest BCUT2D eigenvalue weighted by atomic mass is 16.3. The van der Waals surface area contributed by atoms with E-state index < -0.39 is 0 Å². The van der Waals surface area contributed by atoms with Gasteiger partial charge < -0.3 is 19.2 Å². The van der Waals surface area contributed by atoms with Crippen LogP contribution in [0.2, 0.25) is 0 Å². The normalized spacial score (nSPS) is 19.9. The van der Waals surface area contributed by atoms with Crippen molar-refractivity contribution in [1.29, 1.82) is 0 Å². The first-order valence-electron chi connectivity index (χ1n) is 10.8. The minimum absolute atomic E-state index is 0.0179. The summed E-state index contributed by atoms with van der Waals surface area (Å²) in [6.07, 6.45) is 3.97. The van der Waals surface area contributed by atoms with Crippen molar-refractivity contribution >= 4 is 11.8 Å². The van der Waals surface area contributed by atoms with Crippen LogP contribution in [0.15, 0.2) is 53.1 Å². The van der Waals surface area contributed by atoms with E-state index >= 15 is 0 Å². The number of furan rings is 1. The Hall–Kier alpha value is -3.35. The van der Waals surface area contributed by atoms with Gasteiger partial charge in [-0.05, 0) is 38.8 Å². The lowest BCUT2D eigenvalue weighted by Crippen LogP contribution is -2.42. The molecule has 7 heteroatoms. The molecule has 160 valence electrons. The summed E-state index contributed by atoms with van der Waals surface area (Å²) >= 11 is 0. The van der Waals surface area contributed by atoms with E-state index in [0.29, 0.717) is 24.4 Å². The molecule has 2 aliphatic heterocycles. The maximum Gasteiger partial charge on any atom is 0.290 e. The second-order valence-corrected chi connectivity index (χ2v) is 8.61. The van der Waals surface area contributed by atoms with Gasteiger partial charge in [0.1, 0.15) is 11.5 Å². The zero-order valence-electron chi connectivity index (χ0n) is 17.7. The minimum Gasteiger partial charge on any atom is -0.459 e. The summed E-state index contributed by atoms with van der Waals surface area (Å²) in [7, 11) is 0. The molecule has 1 aromatic carbocycles. The first-order chi connectivity index (χ1) is 15.0. The third-order valence-corrected chi connectivity index (χ3v) is 6.15. The van der Waals surface area contributed by atoms with E-state index in [9.17, 15) is 9.59 Å². The van der Waals surface area contributed by atoms with Gasteiger partial charge in [-0.3, -0.25) is 9.59 Å². The number of nitrogens with one attached hydrogen (secondary N) is 1. The van der Waals surface area contributed by atoms with Gasteiger partial charge in [-0.1, -0.05) is 30.3 Å². The fourth-order valence-corrected chi connectivity index (χ4v) is 4.84. The maximum atomic E-state index is 13.2. The van der Waals surface area contributed by atoms with Gasteiger partial charge in [0.2, 0.25) is 0 Å². The first-order valence-corrected chi connectivity index (χ1v) is 10.8. The van der Waals surface area contributed by atoms with Crippen LogP contribution in [0.5, 0.6) is 0 Å². The maximum absolute atomic E-state index is 13.2. The topological polar surface area (TPSA) is 80.4 Å². The molecular weight excluding hydrogens is 392 g/mol. The Balaban J connectivity index is 1.58. The van der Waals surface area contributed by atoms with E-state index in [2.05, 4.69) is 9.88 Å². The van der Waals surface area contributed by atoms with Gasteiger partial charge >= 0.3 is 0 Å². The Bertz CT molecular complexity index is 1100. The predicted octanol–water partition coefficient (Wildman–Crippen LogP) is 3.51. The predicted molar refractivity (Wildman–Crippen MR) is 116 cm³/mol. The van der Waals surface area contributed by atoms with Gasteiger partial charge in [0.05, 0.1) is 18.0 Å². The largest absolute Gasteiger partial charge is 0.459 e. The Morgan fingerprint density at radius 3 is 2.58 bits per heavy atom. The molecule has 2 atom stereocenters. The van der Waals surface area contributed by atoms with Crippen molar-refractivity contribution in [2.75, 3.05) is 0 Å². The van der Waals surface area contributed by atoms with Gasteiger partial charge in [-0.25, -0.2) is 4.98 Å². The van der Waals surface area contributed by atoms with Crippen LogP contribution < -0.4 is 5.32 Å². The number of aromatic nitrogens is 2. The molecule has 2 aliphatic rings. The molecule has 1 N–H and O–H groups in total. The number of carbonyl (C=O) groups is 2. The molecule has 2 bridgehead atoms. The van der Waals surface area contributed by atoms with Crippen molar-refractivity contribution in [2.24, 2.45) is 0 Å². The van der Waals surface area contributed by atoms with Crippen LogP contribution in [-0.4, -0.2) is 44.4 Å². The number of carbonyl (C=O) groups excluding carboxylic acids is 2. The molecule has 2 amide bonds. The molecule has 4 heterocycles. The monoisotopic (exact) mass is 418 g/mol. The van der Waals surface area contributed by atoms with E-state index in [0.717, 1.165) is 29.9 Å². The van der Waals surface area contributed by atoms with Crippen molar-refractivity contribution < 1.29 is 14.0 Å². The standard InChI is InChI=1S/C24H26N4O3/c1-15(2)25-23(29)21-19-13-17-10-11-18(28(17)24(30)20-9-6-12-31-20)14-27(19)22(26-21)16-7-4-3-5-8-16/h3-9,12,15,17-18H,10-11,13-14H2,1-2H3,(H,25,29)/t17-,18+/m0/s1. The molecule has 1 saturated heterocycles. The van der Waals surface area contributed by atoms with Crippen LogP contribution in [0, 0.1) is 0 Å². The van der Waals surface area contributed by atoms with E-state index in [1.54, 1.807) is 12.1 Å². The molecule has 3 aromatic rings. The molecular formula is C24H26N4O3. The average Bonchev–Trinajstić information content (AvgIpc) is 3.46. The van der Waals surface area contributed by atoms with Crippen LogP contribution in [-0.2, 0) is 13.0 Å². The van der Waals surface area contributed by atoms with Crippen LogP contribution >= 0.6 is 0 Å². The van der Waals surface area contributed by atoms with Crippen LogP contribution in [0.4, 0.5) is 0 Å². The molecule has 0 spiro atoms. The zero-order valence-corrected chi connectivity index (χ0v) is 17.7. The summed E-state index contributed by atoms with van der Waals surface area (Å²) in [5.41, 5.74) is 2.33. The number of rotatable bonds is 4. The fraction of sp³-hybridized carbons (Fsp3) is 0.375. The van der Waals surface area contributed by atoms with Crippen molar-refractivity contribution in [3.63, 3.8) is 0 Å². The summed E-state index contributed by atoms with van der Waals surface area (Å²) in [6, 6.07) is 13.5. The highest BCUT2D eigenvalue weighted by molar-refractivity contribution is 5.95. The second kappa shape index (κ2) is 7.72. The number of hydrogen-bond acceptors (Lipinski definition) is 4. The van der Waals surface area contributed by atoms with Gasteiger partial charge in [-0.2, -0.15) is 0 Å². The van der Waals surface area contributed by atoms with Crippen LogP contribution in [0.1, 0.15) is 53.4 Å². The Kier molecular flexibility index (Phi) is 4.88. The summed E-state index contributed by atoms with van der Waals surface area (Å²) in [5, 5.41) is 2.98. The molecule has 0 unspecified atom stereocenters. The number of hydrogen-bond donors (Lipinski definition) is 1. The summed E-state index contributed by atoms with van der Waals surface area (Å²) in [4.78, 5) is 33.0. The van der Waals surface area contributed by atoms with Crippen molar-refractivity contribution in [2.45, 2.75) is 57.8 Å². The lowest BCUT2D eigenvalue weighted by atomic mass is 10.0. The lowest BCUT2D eigenvalue weighted by Gasteiger charge is -2.27. The van der Waals surface area contributed by atoms with Crippen LogP contribution in [0.25, 0.3) is 11.4 Å². The van der Waals surface area contributed by atoms with Crippen molar-refractivity contribution in [3.05, 3.63) is 65.9 Å². The van der Waals surface area contributed by atoms with Gasteiger partial charge in [0.25, 0.3) is 11.8 Å². The van der Waals surface area contributed by atoms with Crippen molar-refractivity contribution in [1.82, 2.24) is 19.8 Å². The number of imidazole rings is 1. The van der Waals surface area contributed by atoms with E-state index in [1.807, 2.05) is 49.1 Å². The van der Waals surface area contributed by atoms with E-state index in [1.165, 1.54) is 6.26 Å². The van der Waals surface area contributed by atoms with Gasteiger partial charge in [-0.15, -0.1) is 0 Å². The molecule has 7 nitrogen and oxygen atoms in total. The van der Waals surface area contributed by atoms with Gasteiger partial charge in [0, 0.05) is 30.6 Å². The van der Waals surface area contributed by atoms with E-state index in [4.69, 9.17) is 9.40 Å². The molecule has 0 aliphatic carbocycles. The minimum atomic E-state index is -0.164. The third kappa shape index (κ3) is 3.44. The SMILES string of the molecule is CC(C)NC(=O)c1nc(-c2ccccc2)n2c1C[C@@H]1CC[C@H](C2)N1C(=O)c1ccco1. The molecule has 2 aromatic heterocycles. The smallest absolute Gasteiger partial charge is 0.290 e. The summed E-state index contributed by atoms with van der Waals surface area (Å²) in [6.45, 7) is 4.50.